The van der Waals surface area contributed by atoms with Crippen molar-refractivity contribution >= 4 is 5.69 Å². The molecule has 0 aromatic heterocycles. The molecule has 94 valence electrons. The van der Waals surface area contributed by atoms with Crippen LogP contribution in [0.5, 0.6) is 0 Å². The van der Waals surface area contributed by atoms with Gasteiger partial charge in [-0.1, -0.05) is 6.07 Å². The van der Waals surface area contributed by atoms with Crippen molar-refractivity contribution < 1.29 is 14.2 Å². The Morgan fingerprint density at radius 3 is 2.59 bits per heavy atom. The standard InChI is InChI=1S/C11H15FN2O3/c1-11(2,3)17-13-7-8-4-5-10(14(15)16)9(12)6-8/h4-6,13H,7H2,1-3H3. The average molecular weight is 242 g/mol. The van der Waals surface area contributed by atoms with Gasteiger partial charge in [-0.2, -0.15) is 9.87 Å². The fourth-order valence-electron chi connectivity index (χ4n) is 1.14. The third-order valence-electron chi connectivity index (χ3n) is 1.86. The van der Waals surface area contributed by atoms with Crippen LogP contribution >= 0.6 is 0 Å². The van der Waals surface area contributed by atoms with Crippen molar-refractivity contribution in [2.75, 3.05) is 0 Å². The fraction of sp³-hybridized carbons (Fsp3) is 0.455. The van der Waals surface area contributed by atoms with Gasteiger partial charge in [-0.15, -0.1) is 0 Å². The van der Waals surface area contributed by atoms with Crippen molar-refractivity contribution in [2.24, 2.45) is 0 Å². The summed E-state index contributed by atoms with van der Waals surface area (Å²) >= 11 is 0. The van der Waals surface area contributed by atoms with Crippen LogP contribution in [0.2, 0.25) is 0 Å². The minimum absolute atomic E-state index is 0.284. The summed E-state index contributed by atoms with van der Waals surface area (Å²) in [5, 5.41) is 10.4. The van der Waals surface area contributed by atoms with E-state index < -0.39 is 16.4 Å². The predicted octanol–water partition coefficient (Wildman–Crippen LogP) is 2.55. The van der Waals surface area contributed by atoms with E-state index in [1.54, 1.807) is 0 Å². The Bertz CT molecular complexity index is 416. The highest BCUT2D eigenvalue weighted by molar-refractivity contribution is 5.34. The van der Waals surface area contributed by atoms with E-state index in [1.165, 1.54) is 6.07 Å². The number of hydrogen-bond acceptors (Lipinski definition) is 4. The number of benzene rings is 1. The van der Waals surface area contributed by atoms with Gasteiger partial charge in [0.2, 0.25) is 5.82 Å². The summed E-state index contributed by atoms with van der Waals surface area (Å²) in [7, 11) is 0. The molecule has 0 aliphatic heterocycles. The molecular weight excluding hydrogens is 227 g/mol. The summed E-state index contributed by atoms with van der Waals surface area (Å²) in [4.78, 5) is 14.9. The molecule has 0 atom stereocenters. The Hall–Kier alpha value is -1.53. The van der Waals surface area contributed by atoms with Crippen LogP contribution in [0, 0.1) is 15.9 Å². The van der Waals surface area contributed by atoms with Crippen LogP contribution in [0.25, 0.3) is 0 Å². The molecule has 17 heavy (non-hydrogen) atoms. The van der Waals surface area contributed by atoms with Crippen LogP contribution in [0.15, 0.2) is 18.2 Å². The molecule has 1 aromatic rings. The number of nitrogens with one attached hydrogen (secondary N) is 1. The topological polar surface area (TPSA) is 64.4 Å². The first-order valence-corrected chi connectivity index (χ1v) is 5.13. The van der Waals surface area contributed by atoms with E-state index in [0.29, 0.717) is 5.56 Å². The first-order chi connectivity index (χ1) is 7.79. The van der Waals surface area contributed by atoms with E-state index in [-0.39, 0.29) is 12.1 Å². The summed E-state index contributed by atoms with van der Waals surface area (Å²) in [5.74, 6) is -0.843. The first kappa shape index (κ1) is 13.5. The lowest BCUT2D eigenvalue weighted by molar-refractivity contribution is -0.387. The highest BCUT2D eigenvalue weighted by Gasteiger charge is 2.14. The lowest BCUT2D eigenvalue weighted by Gasteiger charge is -2.19. The van der Waals surface area contributed by atoms with Crippen LogP contribution in [0.4, 0.5) is 10.1 Å². The molecule has 1 N–H and O–H groups in total. The van der Waals surface area contributed by atoms with Gasteiger partial charge in [0.05, 0.1) is 10.5 Å². The monoisotopic (exact) mass is 242 g/mol. The van der Waals surface area contributed by atoms with E-state index in [4.69, 9.17) is 4.84 Å². The molecule has 0 bridgehead atoms. The van der Waals surface area contributed by atoms with Crippen molar-refractivity contribution in [1.29, 1.82) is 0 Å². The molecule has 0 spiro atoms. The van der Waals surface area contributed by atoms with E-state index >= 15 is 0 Å². The van der Waals surface area contributed by atoms with Gasteiger partial charge in [0.1, 0.15) is 0 Å². The minimum Gasteiger partial charge on any atom is -0.296 e. The number of rotatable bonds is 4. The van der Waals surface area contributed by atoms with Crippen LogP contribution in [-0.4, -0.2) is 10.5 Å². The molecule has 0 saturated carbocycles. The summed E-state index contributed by atoms with van der Waals surface area (Å²) < 4.78 is 13.3. The zero-order valence-electron chi connectivity index (χ0n) is 9.99. The smallest absolute Gasteiger partial charge is 0.296 e. The van der Waals surface area contributed by atoms with Crippen molar-refractivity contribution in [3.63, 3.8) is 0 Å². The van der Waals surface area contributed by atoms with E-state index in [2.05, 4.69) is 5.48 Å². The highest BCUT2D eigenvalue weighted by Crippen LogP contribution is 2.18. The molecule has 0 amide bonds. The van der Waals surface area contributed by atoms with Gasteiger partial charge in [0.25, 0.3) is 0 Å². The number of hydroxylamine groups is 1. The summed E-state index contributed by atoms with van der Waals surface area (Å²) in [5.41, 5.74) is 2.39. The van der Waals surface area contributed by atoms with Gasteiger partial charge in [0, 0.05) is 12.6 Å². The second kappa shape index (κ2) is 5.20. The normalized spacial score (nSPS) is 11.5. The molecule has 0 aliphatic rings. The van der Waals surface area contributed by atoms with Gasteiger partial charge < -0.3 is 0 Å². The van der Waals surface area contributed by atoms with Gasteiger partial charge in [-0.3, -0.25) is 15.0 Å². The van der Waals surface area contributed by atoms with Gasteiger partial charge in [-0.05, 0) is 32.4 Å². The predicted molar refractivity (Wildman–Crippen MR) is 60.7 cm³/mol. The lowest BCUT2D eigenvalue weighted by Crippen LogP contribution is -2.28. The molecule has 6 heteroatoms. The van der Waals surface area contributed by atoms with Crippen molar-refractivity contribution in [3.8, 4) is 0 Å². The number of nitro benzene ring substituents is 1. The van der Waals surface area contributed by atoms with Crippen molar-refractivity contribution in [1.82, 2.24) is 5.48 Å². The lowest BCUT2D eigenvalue weighted by atomic mass is 10.2. The van der Waals surface area contributed by atoms with Gasteiger partial charge in [-0.25, -0.2) is 0 Å². The number of halogens is 1. The maximum absolute atomic E-state index is 13.3. The summed E-state index contributed by atoms with van der Waals surface area (Å²) in [6.45, 7) is 5.90. The quantitative estimate of drug-likeness (QED) is 0.651. The summed E-state index contributed by atoms with van der Waals surface area (Å²) in [6, 6.07) is 3.75. The third kappa shape index (κ3) is 4.46. The molecule has 0 saturated heterocycles. The van der Waals surface area contributed by atoms with Crippen LogP contribution in [0.1, 0.15) is 26.3 Å². The summed E-state index contributed by atoms with van der Waals surface area (Å²) in [6.07, 6.45) is 0. The zero-order valence-corrected chi connectivity index (χ0v) is 9.99. The average Bonchev–Trinajstić information content (AvgIpc) is 2.15. The zero-order chi connectivity index (χ0) is 13.1. The second-order valence-corrected chi connectivity index (χ2v) is 4.58. The molecular formula is C11H15FN2O3. The molecule has 0 radical (unpaired) electrons. The fourth-order valence-corrected chi connectivity index (χ4v) is 1.14. The SMILES string of the molecule is CC(C)(C)ONCc1ccc([N+](=O)[O-])c(F)c1. The van der Waals surface area contributed by atoms with Crippen LogP contribution in [0.3, 0.4) is 0 Å². The number of hydrogen-bond donors (Lipinski definition) is 1. The van der Waals surface area contributed by atoms with Crippen molar-refractivity contribution in [2.45, 2.75) is 32.9 Å². The Labute approximate surface area is 98.7 Å². The van der Waals surface area contributed by atoms with E-state index in [1.807, 2.05) is 20.8 Å². The molecule has 0 heterocycles. The molecule has 0 unspecified atom stereocenters. The van der Waals surface area contributed by atoms with Gasteiger partial charge in [0.15, 0.2) is 0 Å². The minimum atomic E-state index is -0.843. The Balaban J connectivity index is 2.62. The maximum Gasteiger partial charge on any atom is 0.304 e. The number of nitro groups is 1. The molecule has 0 aliphatic carbocycles. The van der Waals surface area contributed by atoms with Gasteiger partial charge >= 0.3 is 5.69 Å². The largest absolute Gasteiger partial charge is 0.304 e. The van der Waals surface area contributed by atoms with Crippen molar-refractivity contribution in [3.05, 3.63) is 39.7 Å². The Morgan fingerprint density at radius 1 is 1.47 bits per heavy atom. The van der Waals surface area contributed by atoms with E-state index in [0.717, 1.165) is 12.1 Å². The maximum atomic E-state index is 13.3. The molecule has 0 fully saturated rings. The van der Waals surface area contributed by atoms with E-state index in [9.17, 15) is 14.5 Å². The first-order valence-electron chi connectivity index (χ1n) is 5.13. The number of nitrogens with zero attached hydrogens (tertiary/aromatic N) is 1. The second-order valence-electron chi connectivity index (χ2n) is 4.58. The molecule has 1 aromatic carbocycles. The van der Waals surface area contributed by atoms with Crippen LogP contribution in [-0.2, 0) is 11.4 Å². The molecule has 5 nitrogen and oxygen atoms in total. The Morgan fingerprint density at radius 2 is 2.12 bits per heavy atom. The molecule has 1 rings (SSSR count). The Kier molecular flexibility index (Phi) is 4.14. The van der Waals surface area contributed by atoms with Crippen LogP contribution < -0.4 is 5.48 Å². The highest BCUT2D eigenvalue weighted by atomic mass is 19.1. The third-order valence-corrected chi connectivity index (χ3v) is 1.86.